The maximum atomic E-state index is 11.9. The first-order chi connectivity index (χ1) is 9.61. The summed E-state index contributed by atoms with van der Waals surface area (Å²) in [5.41, 5.74) is 6.92. The summed E-state index contributed by atoms with van der Waals surface area (Å²) in [5, 5.41) is 5.60. The van der Waals surface area contributed by atoms with Gasteiger partial charge in [-0.15, -0.1) is 0 Å². The second-order valence-electron chi connectivity index (χ2n) is 4.90. The molecule has 4 N–H and O–H groups in total. The van der Waals surface area contributed by atoms with Crippen LogP contribution >= 0.6 is 0 Å². The minimum atomic E-state index is -0.126. The van der Waals surface area contributed by atoms with Crippen LogP contribution in [0.15, 0.2) is 24.3 Å². The Morgan fingerprint density at radius 2 is 2.35 bits per heavy atom. The lowest BCUT2D eigenvalue weighted by molar-refractivity contribution is -0.119. The van der Waals surface area contributed by atoms with Crippen LogP contribution in [0.5, 0.6) is 0 Å². The van der Waals surface area contributed by atoms with Crippen molar-refractivity contribution in [2.45, 2.75) is 13.3 Å². The fourth-order valence-electron chi connectivity index (χ4n) is 2.12. The number of nitrogens with zero attached hydrogens (tertiary/aromatic N) is 1. The highest BCUT2D eigenvalue weighted by Gasteiger charge is 2.21. The average Bonchev–Trinajstić information content (AvgIpc) is 2.85. The van der Waals surface area contributed by atoms with Gasteiger partial charge in [0, 0.05) is 30.4 Å². The molecule has 1 unspecified atom stereocenters. The van der Waals surface area contributed by atoms with Crippen LogP contribution in [0.2, 0.25) is 0 Å². The molecule has 1 fully saturated rings. The number of urea groups is 1. The average molecular weight is 276 g/mol. The predicted molar refractivity (Wildman–Crippen MR) is 78.7 cm³/mol. The van der Waals surface area contributed by atoms with Gasteiger partial charge in [-0.2, -0.15) is 0 Å². The third-order valence-electron chi connectivity index (χ3n) is 3.33. The SMILES string of the molecule is CC(CCN)C(=O)Nc1cccc(N2CCNC2=O)c1. The highest BCUT2D eigenvalue weighted by Crippen LogP contribution is 2.21. The smallest absolute Gasteiger partial charge is 0.321 e. The number of nitrogens with one attached hydrogen (secondary N) is 2. The molecule has 1 atom stereocenters. The minimum Gasteiger partial charge on any atom is -0.336 e. The first kappa shape index (κ1) is 14.3. The zero-order valence-electron chi connectivity index (χ0n) is 11.6. The third kappa shape index (κ3) is 3.27. The van der Waals surface area contributed by atoms with Gasteiger partial charge in [0.1, 0.15) is 0 Å². The van der Waals surface area contributed by atoms with E-state index in [-0.39, 0.29) is 17.9 Å². The quantitative estimate of drug-likeness (QED) is 0.753. The predicted octanol–water partition coefficient (Wildman–Crippen LogP) is 1.14. The van der Waals surface area contributed by atoms with Gasteiger partial charge in [0.15, 0.2) is 0 Å². The summed E-state index contributed by atoms with van der Waals surface area (Å²) in [6.07, 6.45) is 0.653. The molecule has 0 saturated carbocycles. The van der Waals surface area contributed by atoms with Gasteiger partial charge in [-0.25, -0.2) is 4.79 Å². The van der Waals surface area contributed by atoms with E-state index in [0.29, 0.717) is 31.7 Å². The van der Waals surface area contributed by atoms with Gasteiger partial charge in [-0.1, -0.05) is 13.0 Å². The number of hydrogen-bond donors (Lipinski definition) is 3. The molecule has 0 aliphatic carbocycles. The first-order valence-electron chi connectivity index (χ1n) is 6.78. The van der Waals surface area contributed by atoms with Crippen LogP contribution < -0.4 is 21.3 Å². The molecule has 1 aromatic carbocycles. The third-order valence-corrected chi connectivity index (χ3v) is 3.33. The Hall–Kier alpha value is -2.08. The van der Waals surface area contributed by atoms with Gasteiger partial charge in [0.25, 0.3) is 0 Å². The van der Waals surface area contributed by atoms with Crippen molar-refractivity contribution in [1.82, 2.24) is 5.32 Å². The summed E-state index contributed by atoms with van der Waals surface area (Å²) < 4.78 is 0. The van der Waals surface area contributed by atoms with Gasteiger partial charge in [0.2, 0.25) is 5.91 Å². The van der Waals surface area contributed by atoms with E-state index >= 15 is 0 Å². The molecule has 1 aromatic rings. The lowest BCUT2D eigenvalue weighted by Crippen LogP contribution is -2.28. The van der Waals surface area contributed by atoms with Crippen molar-refractivity contribution in [3.63, 3.8) is 0 Å². The molecule has 3 amide bonds. The van der Waals surface area contributed by atoms with E-state index in [9.17, 15) is 9.59 Å². The Morgan fingerprint density at radius 3 is 3.00 bits per heavy atom. The van der Waals surface area contributed by atoms with Crippen LogP contribution in [-0.4, -0.2) is 31.6 Å². The number of carbonyl (C=O) groups is 2. The number of benzene rings is 1. The monoisotopic (exact) mass is 276 g/mol. The first-order valence-corrected chi connectivity index (χ1v) is 6.78. The van der Waals surface area contributed by atoms with E-state index < -0.39 is 0 Å². The Balaban J connectivity index is 2.06. The van der Waals surface area contributed by atoms with Gasteiger partial charge >= 0.3 is 6.03 Å². The minimum absolute atomic E-state index is 0.0570. The van der Waals surface area contributed by atoms with Crippen LogP contribution in [0.3, 0.4) is 0 Å². The highest BCUT2D eigenvalue weighted by atomic mass is 16.2. The second-order valence-corrected chi connectivity index (χ2v) is 4.90. The summed E-state index contributed by atoms with van der Waals surface area (Å²) in [7, 11) is 0. The normalized spacial score (nSPS) is 15.9. The zero-order chi connectivity index (χ0) is 14.5. The maximum Gasteiger partial charge on any atom is 0.321 e. The van der Waals surface area contributed by atoms with E-state index in [0.717, 1.165) is 5.69 Å². The van der Waals surface area contributed by atoms with Crippen molar-refractivity contribution in [2.24, 2.45) is 11.7 Å². The molecule has 20 heavy (non-hydrogen) atoms. The van der Waals surface area contributed by atoms with Crippen molar-refractivity contribution in [1.29, 1.82) is 0 Å². The van der Waals surface area contributed by atoms with Gasteiger partial charge in [-0.3, -0.25) is 9.69 Å². The molecule has 0 bridgehead atoms. The molecule has 1 saturated heterocycles. The van der Waals surface area contributed by atoms with Crippen molar-refractivity contribution in [3.8, 4) is 0 Å². The van der Waals surface area contributed by atoms with Crippen LogP contribution in [0.25, 0.3) is 0 Å². The van der Waals surface area contributed by atoms with Crippen molar-refractivity contribution in [3.05, 3.63) is 24.3 Å². The standard InChI is InChI=1S/C14H20N4O2/c1-10(5-6-15)13(19)17-11-3-2-4-12(9-11)18-8-7-16-14(18)20/h2-4,9-10H,5-8,15H2,1H3,(H,16,20)(H,17,19). The van der Waals surface area contributed by atoms with E-state index in [4.69, 9.17) is 5.73 Å². The molecule has 108 valence electrons. The van der Waals surface area contributed by atoms with Crippen LogP contribution in [0, 0.1) is 5.92 Å². The molecule has 6 heteroatoms. The van der Waals surface area contributed by atoms with E-state index in [1.165, 1.54) is 0 Å². The number of hydrogen-bond acceptors (Lipinski definition) is 3. The number of anilines is 2. The number of carbonyl (C=O) groups excluding carboxylic acids is 2. The number of rotatable bonds is 5. The molecule has 0 radical (unpaired) electrons. The molecular weight excluding hydrogens is 256 g/mol. The lowest BCUT2D eigenvalue weighted by atomic mass is 10.1. The molecule has 2 rings (SSSR count). The fraction of sp³-hybridized carbons (Fsp3) is 0.429. The Labute approximate surface area is 118 Å². The van der Waals surface area contributed by atoms with Gasteiger partial charge < -0.3 is 16.4 Å². The molecule has 1 aliphatic heterocycles. The topological polar surface area (TPSA) is 87.5 Å². The molecule has 0 spiro atoms. The largest absolute Gasteiger partial charge is 0.336 e. The van der Waals surface area contributed by atoms with Gasteiger partial charge in [-0.05, 0) is 31.2 Å². The Morgan fingerprint density at radius 1 is 1.55 bits per heavy atom. The lowest BCUT2D eigenvalue weighted by Gasteiger charge is -2.16. The fourth-order valence-corrected chi connectivity index (χ4v) is 2.12. The number of amides is 3. The summed E-state index contributed by atoms with van der Waals surface area (Å²) in [4.78, 5) is 25.2. The Kier molecular flexibility index (Phi) is 4.57. The highest BCUT2D eigenvalue weighted by molar-refractivity contribution is 5.96. The molecular formula is C14H20N4O2. The van der Waals surface area contributed by atoms with Crippen LogP contribution in [0.4, 0.5) is 16.2 Å². The molecule has 1 aliphatic rings. The van der Waals surface area contributed by atoms with Crippen molar-refractivity contribution in [2.75, 3.05) is 29.9 Å². The molecule has 0 aromatic heterocycles. The summed E-state index contributed by atoms with van der Waals surface area (Å²) >= 11 is 0. The van der Waals surface area contributed by atoms with Crippen molar-refractivity contribution >= 4 is 23.3 Å². The van der Waals surface area contributed by atoms with E-state index in [1.54, 1.807) is 11.0 Å². The van der Waals surface area contributed by atoms with Crippen LogP contribution in [-0.2, 0) is 4.79 Å². The van der Waals surface area contributed by atoms with Gasteiger partial charge in [0.05, 0.1) is 0 Å². The maximum absolute atomic E-state index is 11.9. The second kappa shape index (κ2) is 6.38. The summed E-state index contributed by atoms with van der Waals surface area (Å²) in [5.74, 6) is -0.183. The summed E-state index contributed by atoms with van der Waals surface area (Å²) in [6.45, 7) is 3.62. The molecule has 1 heterocycles. The molecule has 6 nitrogen and oxygen atoms in total. The van der Waals surface area contributed by atoms with Crippen LogP contribution in [0.1, 0.15) is 13.3 Å². The summed E-state index contributed by atoms with van der Waals surface area (Å²) in [6, 6.07) is 7.18. The zero-order valence-corrected chi connectivity index (χ0v) is 11.6. The van der Waals surface area contributed by atoms with E-state index in [2.05, 4.69) is 10.6 Å². The van der Waals surface area contributed by atoms with Crippen molar-refractivity contribution < 1.29 is 9.59 Å². The Bertz CT molecular complexity index is 504. The number of nitrogens with two attached hydrogens (primary N) is 1. The van der Waals surface area contributed by atoms with E-state index in [1.807, 2.05) is 25.1 Å².